The number of nitrogens with one attached hydrogen (secondary N) is 2. The summed E-state index contributed by atoms with van der Waals surface area (Å²) in [7, 11) is 0. The molecule has 8 heteroatoms. The molecule has 0 bridgehead atoms. The Labute approximate surface area is 192 Å². The van der Waals surface area contributed by atoms with E-state index < -0.39 is 0 Å². The van der Waals surface area contributed by atoms with Crippen LogP contribution in [0.3, 0.4) is 0 Å². The summed E-state index contributed by atoms with van der Waals surface area (Å²) in [6.45, 7) is 12.6. The largest absolute Gasteiger partial charge is 0.370 e. The average Bonchev–Trinajstić information content (AvgIpc) is 2.84. The highest BCUT2D eigenvalue weighted by Gasteiger charge is 2.27. The van der Waals surface area contributed by atoms with Crippen molar-refractivity contribution < 1.29 is 28.7 Å². The monoisotopic (exact) mass is 454 g/mol. The molecule has 0 aliphatic carbocycles. The normalized spacial score (nSPS) is 28.8. The van der Waals surface area contributed by atoms with Crippen LogP contribution < -0.4 is 10.6 Å². The van der Waals surface area contributed by atoms with Crippen LogP contribution in [0.25, 0.3) is 0 Å². The first-order chi connectivity index (χ1) is 15.1. The molecule has 2 rings (SSSR count). The Balaban J connectivity index is 0.000000320. The molecule has 0 aromatic heterocycles. The van der Waals surface area contributed by atoms with Crippen LogP contribution in [0.5, 0.6) is 0 Å². The van der Waals surface area contributed by atoms with E-state index in [4.69, 9.17) is 9.47 Å². The van der Waals surface area contributed by atoms with Crippen molar-refractivity contribution in [3.8, 4) is 0 Å². The van der Waals surface area contributed by atoms with Gasteiger partial charge in [-0.15, -0.1) is 0 Å². The summed E-state index contributed by atoms with van der Waals surface area (Å²) < 4.78 is 11.0. The number of ketones is 4. The van der Waals surface area contributed by atoms with Crippen molar-refractivity contribution in [2.24, 2.45) is 11.8 Å². The van der Waals surface area contributed by atoms with Gasteiger partial charge in [0.2, 0.25) is 0 Å². The van der Waals surface area contributed by atoms with Crippen LogP contribution in [-0.4, -0.2) is 67.3 Å². The van der Waals surface area contributed by atoms with E-state index in [0.717, 1.165) is 12.8 Å². The Morgan fingerprint density at radius 2 is 1.31 bits per heavy atom. The summed E-state index contributed by atoms with van der Waals surface area (Å²) in [5, 5.41) is 6.10. The van der Waals surface area contributed by atoms with E-state index >= 15 is 0 Å². The van der Waals surface area contributed by atoms with Gasteiger partial charge in [-0.1, -0.05) is 41.5 Å². The fourth-order valence-corrected chi connectivity index (χ4v) is 3.81. The number of ether oxygens (including phenoxy) is 2. The predicted octanol–water partition coefficient (Wildman–Crippen LogP) is 2.22. The molecule has 0 aromatic carbocycles. The van der Waals surface area contributed by atoms with Crippen LogP contribution in [0.4, 0.5) is 0 Å². The molecular weight excluding hydrogens is 412 g/mol. The van der Waals surface area contributed by atoms with Gasteiger partial charge in [-0.05, 0) is 24.7 Å². The molecule has 2 unspecified atom stereocenters. The molecule has 2 fully saturated rings. The molecule has 0 spiro atoms. The van der Waals surface area contributed by atoms with Crippen molar-refractivity contribution in [3.63, 3.8) is 0 Å². The van der Waals surface area contributed by atoms with Crippen molar-refractivity contribution in [2.45, 2.75) is 97.9 Å². The maximum absolute atomic E-state index is 11.8. The standard InChI is InChI=1S/2C12H21NO3/c1-4-10-5-9(14)6-13-12(8(2)3)11(15)7-16-10;1-4-10-5-9(14)6-11(15)12(8(2)3)13-7-16-10/h2*8,10,12-13H,4-7H2,1-3H3/t2*10?,12-/m00/s1. The van der Waals surface area contributed by atoms with E-state index in [9.17, 15) is 19.2 Å². The van der Waals surface area contributed by atoms with Crippen LogP contribution in [0.15, 0.2) is 0 Å². The summed E-state index contributed by atoms with van der Waals surface area (Å²) in [5.74, 6) is 0.506. The first-order valence-electron chi connectivity index (χ1n) is 11.9. The summed E-state index contributed by atoms with van der Waals surface area (Å²) in [6, 6.07) is -0.529. The molecular formula is C24H42N2O6. The highest BCUT2D eigenvalue weighted by atomic mass is 16.5. The van der Waals surface area contributed by atoms with Crippen LogP contribution in [0.2, 0.25) is 0 Å². The first-order valence-corrected chi connectivity index (χ1v) is 11.9. The molecule has 184 valence electrons. The van der Waals surface area contributed by atoms with Gasteiger partial charge in [-0.3, -0.25) is 24.5 Å². The Morgan fingerprint density at radius 3 is 1.88 bits per heavy atom. The minimum absolute atomic E-state index is 0.00815. The Morgan fingerprint density at radius 1 is 0.781 bits per heavy atom. The lowest BCUT2D eigenvalue weighted by Crippen LogP contribution is -2.44. The summed E-state index contributed by atoms with van der Waals surface area (Å²) in [4.78, 5) is 46.8. The van der Waals surface area contributed by atoms with Crippen LogP contribution in [0.1, 0.15) is 73.6 Å². The van der Waals surface area contributed by atoms with E-state index in [1.807, 2.05) is 41.5 Å². The number of hydrogen-bond donors (Lipinski definition) is 2. The quantitative estimate of drug-likeness (QED) is 0.622. The second-order valence-electron chi connectivity index (χ2n) is 9.31. The minimum Gasteiger partial charge on any atom is -0.370 e. The van der Waals surface area contributed by atoms with Gasteiger partial charge in [0.25, 0.3) is 0 Å². The molecule has 2 aliphatic rings. The van der Waals surface area contributed by atoms with E-state index in [0.29, 0.717) is 19.6 Å². The molecule has 4 atom stereocenters. The number of rotatable bonds is 4. The number of Topliss-reactive ketones (excluding diaryl/α,β-unsaturated/α-hetero) is 4. The smallest absolute Gasteiger partial charge is 0.175 e. The van der Waals surface area contributed by atoms with Gasteiger partial charge in [-0.2, -0.15) is 0 Å². The third kappa shape index (κ3) is 9.98. The molecule has 2 saturated heterocycles. The van der Waals surface area contributed by atoms with E-state index in [-0.39, 0.29) is 78.8 Å². The van der Waals surface area contributed by atoms with E-state index in [1.54, 1.807) is 0 Å². The van der Waals surface area contributed by atoms with E-state index in [1.165, 1.54) is 0 Å². The lowest BCUT2D eigenvalue weighted by atomic mass is 9.95. The number of carbonyl (C=O) groups is 4. The molecule has 2 heterocycles. The molecule has 0 amide bonds. The van der Waals surface area contributed by atoms with Crippen molar-refractivity contribution >= 4 is 23.1 Å². The van der Waals surface area contributed by atoms with E-state index in [2.05, 4.69) is 10.6 Å². The SMILES string of the molecule is CCC1CC(=O)CC(=O)[C@H](C(C)C)NCO1.CCC1CC(=O)CN[C@@H](C(C)C)C(=O)CO1. The van der Waals surface area contributed by atoms with Gasteiger partial charge < -0.3 is 14.8 Å². The highest BCUT2D eigenvalue weighted by molar-refractivity contribution is 6.01. The minimum atomic E-state index is -0.264. The van der Waals surface area contributed by atoms with Crippen molar-refractivity contribution in [3.05, 3.63) is 0 Å². The van der Waals surface area contributed by atoms with Crippen LogP contribution in [0, 0.1) is 11.8 Å². The summed E-state index contributed by atoms with van der Waals surface area (Å²) in [6.07, 6.45) is 2.20. The topological polar surface area (TPSA) is 111 Å². The zero-order valence-electron chi connectivity index (χ0n) is 20.6. The number of carbonyl (C=O) groups excluding carboxylic acids is 4. The zero-order valence-corrected chi connectivity index (χ0v) is 20.6. The maximum Gasteiger partial charge on any atom is 0.175 e. The van der Waals surface area contributed by atoms with Gasteiger partial charge in [-0.25, -0.2) is 0 Å². The second-order valence-corrected chi connectivity index (χ2v) is 9.31. The molecule has 32 heavy (non-hydrogen) atoms. The fourth-order valence-electron chi connectivity index (χ4n) is 3.81. The molecule has 8 nitrogen and oxygen atoms in total. The molecule has 0 aromatic rings. The lowest BCUT2D eigenvalue weighted by Gasteiger charge is -2.20. The van der Waals surface area contributed by atoms with Crippen molar-refractivity contribution in [2.75, 3.05) is 19.9 Å². The first kappa shape index (κ1) is 28.6. The summed E-state index contributed by atoms with van der Waals surface area (Å²) in [5.41, 5.74) is 0. The van der Waals surface area contributed by atoms with Gasteiger partial charge in [0.05, 0.1) is 44.0 Å². The number of hydrogen-bond acceptors (Lipinski definition) is 8. The zero-order chi connectivity index (χ0) is 24.3. The molecule has 0 radical (unpaired) electrons. The lowest BCUT2D eigenvalue weighted by molar-refractivity contribution is -0.129. The van der Waals surface area contributed by atoms with Gasteiger partial charge in [0, 0.05) is 12.8 Å². The maximum atomic E-state index is 11.8. The fraction of sp³-hybridized carbons (Fsp3) is 0.833. The van der Waals surface area contributed by atoms with Gasteiger partial charge in [0.15, 0.2) is 11.6 Å². The predicted molar refractivity (Wildman–Crippen MR) is 122 cm³/mol. The Kier molecular flexibility index (Phi) is 13.0. The second kappa shape index (κ2) is 14.6. The van der Waals surface area contributed by atoms with Crippen molar-refractivity contribution in [1.82, 2.24) is 10.6 Å². The third-order valence-corrected chi connectivity index (χ3v) is 5.82. The summed E-state index contributed by atoms with van der Waals surface area (Å²) >= 11 is 0. The highest BCUT2D eigenvalue weighted by Crippen LogP contribution is 2.13. The Hall–Kier alpha value is -1.48. The van der Waals surface area contributed by atoms with Crippen molar-refractivity contribution in [1.29, 1.82) is 0 Å². The molecule has 2 aliphatic heterocycles. The molecule has 0 saturated carbocycles. The Bertz CT molecular complexity index is 628. The van der Waals surface area contributed by atoms with Gasteiger partial charge >= 0.3 is 0 Å². The van der Waals surface area contributed by atoms with Crippen LogP contribution >= 0.6 is 0 Å². The average molecular weight is 455 g/mol. The van der Waals surface area contributed by atoms with Gasteiger partial charge in [0.1, 0.15) is 18.2 Å². The third-order valence-electron chi connectivity index (χ3n) is 5.82. The van der Waals surface area contributed by atoms with Crippen LogP contribution in [-0.2, 0) is 28.7 Å². The molecule has 2 N–H and O–H groups in total.